The summed E-state index contributed by atoms with van der Waals surface area (Å²) < 4.78 is 0. The van der Waals surface area contributed by atoms with Crippen LogP contribution in [0, 0.1) is 0 Å². The van der Waals surface area contributed by atoms with Gasteiger partial charge in [-0.2, -0.15) is 0 Å². The molecular formula is C18H25NSSi. The molecule has 2 aromatic rings. The Balaban J connectivity index is 1.53. The largest absolute Gasteiger partial charge is 0.308 e. The lowest BCUT2D eigenvalue weighted by Gasteiger charge is -2.16. The third-order valence-corrected chi connectivity index (χ3v) is 7.55. The highest BCUT2D eigenvalue weighted by Crippen LogP contribution is 2.30. The molecule has 0 unspecified atom stereocenters. The second kappa shape index (κ2) is 6.07. The first-order valence-electron chi connectivity index (χ1n) is 7.93. The number of aryl methyl sites for hydroxylation is 2. The van der Waals surface area contributed by atoms with E-state index < -0.39 is 8.07 Å². The van der Waals surface area contributed by atoms with Crippen LogP contribution in [0.25, 0.3) is 0 Å². The van der Waals surface area contributed by atoms with Crippen molar-refractivity contribution in [1.82, 2.24) is 5.32 Å². The second-order valence-corrected chi connectivity index (χ2v) is 13.4. The zero-order valence-electron chi connectivity index (χ0n) is 13.3. The van der Waals surface area contributed by atoms with Gasteiger partial charge < -0.3 is 5.32 Å². The van der Waals surface area contributed by atoms with Gasteiger partial charge in [-0.25, -0.2) is 0 Å². The summed E-state index contributed by atoms with van der Waals surface area (Å²) in [6.07, 6.45) is 3.96. The fourth-order valence-electron chi connectivity index (χ4n) is 2.93. The lowest BCUT2D eigenvalue weighted by atomic mass is 10.2. The van der Waals surface area contributed by atoms with Gasteiger partial charge in [-0.1, -0.05) is 49.1 Å². The van der Waals surface area contributed by atoms with Gasteiger partial charge in [-0.3, -0.25) is 0 Å². The minimum Gasteiger partial charge on any atom is -0.308 e. The topological polar surface area (TPSA) is 12.0 Å². The summed E-state index contributed by atoms with van der Waals surface area (Å²) in [4.78, 5) is 3.13. The average Bonchev–Trinajstić information content (AvgIpc) is 2.99. The van der Waals surface area contributed by atoms with Crippen LogP contribution in [-0.2, 0) is 25.9 Å². The summed E-state index contributed by atoms with van der Waals surface area (Å²) in [5.74, 6) is 0. The van der Waals surface area contributed by atoms with Crippen LogP contribution in [0.1, 0.15) is 27.3 Å². The molecule has 112 valence electrons. The molecule has 0 saturated carbocycles. The molecule has 0 saturated heterocycles. The van der Waals surface area contributed by atoms with E-state index >= 15 is 0 Å². The predicted molar refractivity (Wildman–Crippen MR) is 96.3 cm³/mol. The van der Waals surface area contributed by atoms with Gasteiger partial charge in [0.2, 0.25) is 0 Å². The second-order valence-electron chi connectivity index (χ2n) is 7.07. The molecule has 1 N–H and O–H groups in total. The van der Waals surface area contributed by atoms with E-state index in [0.29, 0.717) is 0 Å². The first kappa shape index (κ1) is 15.0. The molecule has 3 heteroatoms. The normalized spacial score (nSPS) is 14.4. The Bertz CT molecular complexity index is 586. The fraction of sp³-hybridized carbons (Fsp3) is 0.444. The highest BCUT2D eigenvalue weighted by molar-refractivity contribution is 7.12. The van der Waals surface area contributed by atoms with E-state index in [-0.39, 0.29) is 0 Å². The van der Waals surface area contributed by atoms with Gasteiger partial charge in [0.15, 0.2) is 0 Å². The van der Waals surface area contributed by atoms with Crippen molar-refractivity contribution >= 4 is 24.6 Å². The van der Waals surface area contributed by atoms with Gasteiger partial charge >= 0.3 is 0 Å². The van der Waals surface area contributed by atoms with Crippen molar-refractivity contribution in [2.75, 3.05) is 0 Å². The Morgan fingerprint density at radius 3 is 2.48 bits per heavy atom. The molecule has 1 aromatic heterocycles. The number of hydrogen-bond donors (Lipinski definition) is 1. The average molecular weight is 316 g/mol. The van der Waals surface area contributed by atoms with Gasteiger partial charge in [0, 0.05) is 22.8 Å². The lowest BCUT2D eigenvalue weighted by Crippen LogP contribution is -2.37. The van der Waals surface area contributed by atoms with Crippen molar-refractivity contribution < 1.29 is 0 Å². The summed E-state index contributed by atoms with van der Waals surface area (Å²) in [6, 6.07) is 11.6. The monoisotopic (exact) mass is 315 g/mol. The van der Waals surface area contributed by atoms with E-state index in [2.05, 4.69) is 55.3 Å². The summed E-state index contributed by atoms with van der Waals surface area (Å²) in [5.41, 5.74) is 3.00. The van der Waals surface area contributed by atoms with Crippen molar-refractivity contribution in [3.05, 3.63) is 51.2 Å². The molecule has 21 heavy (non-hydrogen) atoms. The molecule has 0 bridgehead atoms. The van der Waals surface area contributed by atoms with E-state index in [1.807, 2.05) is 11.3 Å². The highest BCUT2D eigenvalue weighted by Gasteiger charge is 2.16. The standard InChI is InChI=1S/C18H25NSSi/c1-21(2,3)17-9-7-14(8-10-17)12-19-13-16-11-15-5-4-6-18(15)20-16/h7-11,19H,4-6,12-13H2,1-3H3. The van der Waals surface area contributed by atoms with E-state index in [1.54, 1.807) is 15.6 Å². The molecule has 0 atom stereocenters. The van der Waals surface area contributed by atoms with Crippen molar-refractivity contribution in [2.24, 2.45) is 0 Å². The van der Waals surface area contributed by atoms with Crippen LogP contribution in [0.2, 0.25) is 19.6 Å². The Kier molecular flexibility index (Phi) is 4.34. The summed E-state index contributed by atoms with van der Waals surface area (Å²) in [6.45, 7) is 9.17. The van der Waals surface area contributed by atoms with Crippen LogP contribution >= 0.6 is 11.3 Å². The molecule has 1 heterocycles. The maximum absolute atomic E-state index is 3.59. The SMILES string of the molecule is C[Si](C)(C)c1ccc(CNCc2cc3c(s2)CCC3)cc1. The third kappa shape index (κ3) is 3.65. The van der Waals surface area contributed by atoms with E-state index in [4.69, 9.17) is 0 Å². The molecule has 3 rings (SSSR count). The quantitative estimate of drug-likeness (QED) is 0.820. The molecule has 1 aromatic carbocycles. The summed E-state index contributed by atoms with van der Waals surface area (Å²) >= 11 is 2.01. The summed E-state index contributed by atoms with van der Waals surface area (Å²) in [5, 5.41) is 5.13. The Morgan fingerprint density at radius 2 is 1.81 bits per heavy atom. The van der Waals surface area contributed by atoms with Crippen LogP contribution in [0.5, 0.6) is 0 Å². The fourth-order valence-corrected chi connectivity index (χ4v) is 5.33. The number of nitrogens with one attached hydrogen (secondary N) is 1. The van der Waals surface area contributed by atoms with E-state index in [9.17, 15) is 0 Å². The number of fused-ring (bicyclic) bond motifs is 1. The minimum absolute atomic E-state index is 0.967. The maximum atomic E-state index is 3.59. The molecule has 1 aliphatic carbocycles. The first-order valence-corrected chi connectivity index (χ1v) is 12.2. The number of rotatable bonds is 5. The van der Waals surface area contributed by atoms with Crippen molar-refractivity contribution in [1.29, 1.82) is 0 Å². The minimum atomic E-state index is -1.16. The van der Waals surface area contributed by atoms with Crippen LogP contribution in [0.15, 0.2) is 30.3 Å². The van der Waals surface area contributed by atoms with Gasteiger partial charge in [-0.05, 0) is 36.5 Å². The molecule has 1 nitrogen and oxygen atoms in total. The number of benzene rings is 1. The molecule has 0 aliphatic heterocycles. The van der Waals surface area contributed by atoms with Crippen LogP contribution in [0.4, 0.5) is 0 Å². The molecule has 0 fully saturated rings. The Morgan fingerprint density at radius 1 is 1.05 bits per heavy atom. The van der Waals surface area contributed by atoms with Gasteiger partial charge in [0.25, 0.3) is 0 Å². The Labute approximate surface area is 133 Å². The predicted octanol–water partition coefficient (Wildman–Crippen LogP) is 4.07. The third-order valence-electron chi connectivity index (χ3n) is 4.25. The van der Waals surface area contributed by atoms with Gasteiger partial charge in [-0.15, -0.1) is 11.3 Å². The van der Waals surface area contributed by atoms with Crippen molar-refractivity contribution in [2.45, 2.75) is 52.0 Å². The molecular weight excluding hydrogens is 290 g/mol. The zero-order valence-corrected chi connectivity index (χ0v) is 15.1. The zero-order chi connectivity index (χ0) is 14.9. The Hall–Kier alpha value is -0.903. The lowest BCUT2D eigenvalue weighted by molar-refractivity contribution is 0.700. The van der Waals surface area contributed by atoms with E-state index in [1.165, 1.54) is 29.7 Å². The molecule has 1 aliphatic rings. The van der Waals surface area contributed by atoms with Crippen molar-refractivity contribution in [3.8, 4) is 0 Å². The van der Waals surface area contributed by atoms with Crippen LogP contribution < -0.4 is 10.5 Å². The van der Waals surface area contributed by atoms with Crippen molar-refractivity contribution in [3.63, 3.8) is 0 Å². The summed E-state index contributed by atoms with van der Waals surface area (Å²) in [7, 11) is -1.16. The van der Waals surface area contributed by atoms with Crippen LogP contribution in [0.3, 0.4) is 0 Å². The maximum Gasteiger partial charge on any atom is 0.0775 e. The van der Waals surface area contributed by atoms with Crippen LogP contribution in [-0.4, -0.2) is 8.07 Å². The van der Waals surface area contributed by atoms with E-state index in [0.717, 1.165) is 13.1 Å². The smallest absolute Gasteiger partial charge is 0.0775 e. The van der Waals surface area contributed by atoms with Gasteiger partial charge in [0.1, 0.15) is 0 Å². The number of hydrogen-bond acceptors (Lipinski definition) is 2. The first-order chi connectivity index (χ1) is 10.0. The molecule has 0 amide bonds. The van der Waals surface area contributed by atoms with Gasteiger partial charge in [0.05, 0.1) is 8.07 Å². The molecule has 0 radical (unpaired) electrons. The molecule has 0 spiro atoms. The highest BCUT2D eigenvalue weighted by atomic mass is 32.1. The number of thiophene rings is 1.